The Bertz CT molecular complexity index is 615. The standard InChI is InChI=1S/C17H31N5O6S/c1-8(2)13(17(27)28)22-14(24)9(3)20-16(26)11(7-12(19)23)21-15(25)10(18)5-6-29-4/h8-11,13H,5-7,18H2,1-4H3,(H2,19,23)(H,20,26)(H,21,25)(H,22,24)(H,27,28). The predicted octanol–water partition coefficient (Wildman–Crippen LogP) is -1.84. The number of rotatable bonds is 13. The van der Waals surface area contributed by atoms with E-state index in [-0.39, 0.29) is 5.92 Å². The van der Waals surface area contributed by atoms with E-state index in [0.717, 1.165) is 0 Å². The van der Waals surface area contributed by atoms with Crippen LogP contribution in [0.1, 0.15) is 33.6 Å². The van der Waals surface area contributed by atoms with Gasteiger partial charge in [-0.1, -0.05) is 13.8 Å². The molecule has 0 fully saturated rings. The minimum Gasteiger partial charge on any atom is -0.480 e. The van der Waals surface area contributed by atoms with Crippen molar-refractivity contribution in [3.05, 3.63) is 0 Å². The molecule has 29 heavy (non-hydrogen) atoms. The summed E-state index contributed by atoms with van der Waals surface area (Å²) in [4.78, 5) is 59.2. The van der Waals surface area contributed by atoms with Crippen molar-refractivity contribution in [3.8, 4) is 0 Å². The zero-order valence-electron chi connectivity index (χ0n) is 17.1. The molecule has 0 aromatic rings. The van der Waals surface area contributed by atoms with E-state index >= 15 is 0 Å². The highest BCUT2D eigenvalue weighted by Gasteiger charge is 2.30. The fraction of sp³-hybridized carbons (Fsp3) is 0.706. The van der Waals surface area contributed by atoms with Gasteiger partial charge in [0.05, 0.1) is 12.5 Å². The smallest absolute Gasteiger partial charge is 0.326 e. The molecule has 0 aliphatic heterocycles. The first kappa shape index (κ1) is 26.7. The van der Waals surface area contributed by atoms with E-state index < -0.39 is 60.2 Å². The molecule has 4 unspecified atom stereocenters. The van der Waals surface area contributed by atoms with Gasteiger partial charge >= 0.3 is 5.97 Å². The van der Waals surface area contributed by atoms with Crippen molar-refractivity contribution in [2.75, 3.05) is 12.0 Å². The quantitative estimate of drug-likeness (QED) is 0.195. The Hall–Kier alpha value is -2.34. The van der Waals surface area contributed by atoms with E-state index in [2.05, 4.69) is 16.0 Å². The van der Waals surface area contributed by atoms with Crippen molar-refractivity contribution >= 4 is 41.4 Å². The first-order valence-electron chi connectivity index (χ1n) is 9.07. The monoisotopic (exact) mass is 433 g/mol. The zero-order chi connectivity index (χ0) is 22.7. The molecule has 11 nitrogen and oxygen atoms in total. The summed E-state index contributed by atoms with van der Waals surface area (Å²) in [6.45, 7) is 4.60. The number of thioether (sulfide) groups is 1. The lowest BCUT2D eigenvalue weighted by Crippen LogP contribution is -2.57. The molecule has 0 radical (unpaired) electrons. The highest BCUT2D eigenvalue weighted by atomic mass is 32.2. The normalized spacial score (nSPS) is 15.0. The molecule has 0 saturated carbocycles. The molecule has 0 heterocycles. The molecule has 166 valence electrons. The third-order valence-corrected chi connectivity index (χ3v) is 4.63. The number of amides is 4. The Morgan fingerprint density at radius 1 is 0.966 bits per heavy atom. The van der Waals surface area contributed by atoms with Crippen LogP contribution in [0.2, 0.25) is 0 Å². The fourth-order valence-corrected chi connectivity index (χ4v) is 2.73. The summed E-state index contributed by atoms with van der Waals surface area (Å²) in [5.41, 5.74) is 10.9. The molecule has 4 amide bonds. The van der Waals surface area contributed by atoms with Gasteiger partial charge in [-0.25, -0.2) is 4.79 Å². The van der Waals surface area contributed by atoms with Crippen LogP contribution in [0.3, 0.4) is 0 Å². The van der Waals surface area contributed by atoms with Crippen molar-refractivity contribution < 1.29 is 29.1 Å². The Kier molecular flexibility index (Phi) is 11.9. The molecule has 0 aliphatic rings. The molecule has 4 atom stereocenters. The number of nitrogens with one attached hydrogen (secondary N) is 3. The van der Waals surface area contributed by atoms with Crippen LogP contribution in [0.5, 0.6) is 0 Å². The number of hydrogen-bond acceptors (Lipinski definition) is 7. The summed E-state index contributed by atoms with van der Waals surface area (Å²) in [7, 11) is 0. The number of carboxylic acid groups (broad SMARTS) is 1. The van der Waals surface area contributed by atoms with Crippen molar-refractivity contribution in [2.45, 2.75) is 57.8 Å². The molecule has 8 N–H and O–H groups in total. The minimum atomic E-state index is -1.31. The van der Waals surface area contributed by atoms with Gasteiger partial charge in [-0.15, -0.1) is 0 Å². The average molecular weight is 434 g/mol. The SMILES string of the molecule is CSCCC(N)C(=O)NC(CC(N)=O)C(=O)NC(C)C(=O)NC(C(=O)O)C(C)C. The molecule has 0 aromatic carbocycles. The highest BCUT2D eigenvalue weighted by Crippen LogP contribution is 2.03. The molecule has 12 heteroatoms. The topological polar surface area (TPSA) is 194 Å². The second-order valence-corrected chi connectivity index (χ2v) is 7.90. The van der Waals surface area contributed by atoms with Gasteiger partial charge < -0.3 is 32.5 Å². The summed E-state index contributed by atoms with van der Waals surface area (Å²) in [6, 6.07) is -4.41. The Balaban J connectivity index is 5.03. The summed E-state index contributed by atoms with van der Waals surface area (Å²) in [5, 5.41) is 16.2. The third-order valence-electron chi connectivity index (χ3n) is 3.99. The summed E-state index contributed by atoms with van der Waals surface area (Å²) >= 11 is 1.50. The molecular formula is C17H31N5O6S. The van der Waals surface area contributed by atoms with Gasteiger partial charge in [0.15, 0.2) is 0 Å². The van der Waals surface area contributed by atoms with Crippen LogP contribution in [0.25, 0.3) is 0 Å². The average Bonchev–Trinajstić information content (AvgIpc) is 2.61. The first-order chi connectivity index (χ1) is 13.4. The second kappa shape index (κ2) is 13.0. The minimum absolute atomic E-state index is 0.371. The molecular weight excluding hydrogens is 402 g/mol. The summed E-state index contributed by atoms with van der Waals surface area (Å²) < 4.78 is 0. The van der Waals surface area contributed by atoms with Gasteiger partial charge in [0.25, 0.3) is 0 Å². The molecule has 0 rings (SSSR count). The van der Waals surface area contributed by atoms with Gasteiger partial charge in [-0.05, 0) is 31.3 Å². The summed E-state index contributed by atoms with van der Waals surface area (Å²) in [6.07, 6.45) is 1.75. The fourth-order valence-electron chi connectivity index (χ4n) is 2.24. The van der Waals surface area contributed by atoms with Crippen LogP contribution < -0.4 is 27.4 Å². The maximum atomic E-state index is 12.4. The molecule has 0 bridgehead atoms. The van der Waals surface area contributed by atoms with E-state index in [1.165, 1.54) is 18.7 Å². The predicted molar refractivity (Wildman–Crippen MR) is 109 cm³/mol. The van der Waals surface area contributed by atoms with Crippen LogP contribution in [-0.4, -0.2) is 70.9 Å². The van der Waals surface area contributed by atoms with E-state index in [1.54, 1.807) is 13.8 Å². The van der Waals surface area contributed by atoms with E-state index in [1.807, 2.05) is 6.26 Å². The number of hydrogen-bond donors (Lipinski definition) is 6. The molecule has 0 aromatic heterocycles. The first-order valence-corrected chi connectivity index (χ1v) is 10.5. The van der Waals surface area contributed by atoms with Crippen LogP contribution >= 0.6 is 11.8 Å². The highest BCUT2D eigenvalue weighted by molar-refractivity contribution is 7.98. The maximum Gasteiger partial charge on any atom is 0.326 e. The van der Waals surface area contributed by atoms with Crippen LogP contribution in [-0.2, 0) is 24.0 Å². The summed E-state index contributed by atoms with van der Waals surface area (Å²) in [5.74, 6) is -3.92. The lowest BCUT2D eigenvalue weighted by Gasteiger charge is -2.23. The van der Waals surface area contributed by atoms with E-state index in [9.17, 15) is 24.0 Å². The van der Waals surface area contributed by atoms with Crippen molar-refractivity contribution in [3.63, 3.8) is 0 Å². The maximum absolute atomic E-state index is 12.4. The second-order valence-electron chi connectivity index (χ2n) is 6.92. The molecule has 0 saturated heterocycles. The van der Waals surface area contributed by atoms with Crippen LogP contribution in [0.4, 0.5) is 0 Å². The van der Waals surface area contributed by atoms with Crippen molar-refractivity contribution in [1.29, 1.82) is 0 Å². The Labute approximate surface area is 174 Å². The molecule has 0 aliphatic carbocycles. The van der Waals surface area contributed by atoms with Gasteiger partial charge in [0, 0.05) is 0 Å². The van der Waals surface area contributed by atoms with Crippen molar-refractivity contribution in [2.24, 2.45) is 17.4 Å². The molecule has 0 spiro atoms. The number of carboxylic acids is 1. The van der Waals surface area contributed by atoms with Crippen LogP contribution in [0, 0.1) is 5.92 Å². The Morgan fingerprint density at radius 3 is 2.00 bits per heavy atom. The van der Waals surface area contributed by atoms with Crippen LogP contribution in [0.15, 0.2) is 0 Å². The lowest BCUT2D eigenvalue weighted by atomic mass is 10.0. The largest absolute Gasteiger partial charge is 0.480 e. The number of nitrogens with two attached hydrogens (primary N) is 2. The van der Waals surface area contributed by atoms with E-state index in [0.29, 0.717) is 12.2 Å². The third kappa shape index (κ3) is 10.1. The van der Waals surface area contributed by atoms with Gasteiger partial charge in [0.1, 0.15) is 18.1 Å². The zero-order valence-corrected chi connectivity index (χ0v) is 17.9. The number of primary amides is 1. The van der Waals surface area contributed by atoms with Gasteiger partial charge in [-0.2, -0.15) is 11.8 Å². The lowest BCUT2D eigenvalue weighted by molar-refractivity contribution is -0.143. The van der Waals surface area contributed by atoms with E-state index in [4.69, 9.17) is 16.6 Å². The van der Waals surface area contributed by atoms with Gasteiger partial charge in [0.2, 0.25) is 23.6 Å². The number of carbonyl (C=O) groups excluding carboxylic acids is 4. The number of carbonyl (C=O) groups is 5. The Morgan fingerprint density at radius 2 is 1.55 bits per heavy atom. The van der Waals surface area contributed by atoms with Crippen molar-refractivity contribution in [1.82, 2.24) is 16.0 Å². The number of aliphatic carboxylic acids is 1. The van der Waals surface area contributed by atoms with Gasteiger partial charge in [-0.3, -0.25) is 19.2 Å².